The van der Waals surface area contributed by atoms with Crippen LogP contribution < -0.4 is 5.32 Å². The Hall–Kier alpha value is -2.33. The number of aryl methyl sites for hydroxylation is 1. The lowest BCUT2D eigenvalue weighted by molar-refractivity contribution is 0.310. The summed E-state index contributed by atoms with van der Waals surface area (Å²) in [5, 5.41) is 3.32. The van der Waals surface area contributed by atoms with E-state index < -0.39 is 0 Å². The lowest BCUT2D eigenvalue weighted by atomic mass is 10.0. The number of para-hydroxylation sites is 2. The summed E-state index contributed by atoms with van der Waals surface area (Å²) in [5.41, 5.74) is 4.33. The molecule has 120 valence electrons. The van der Waals surface area contributed by atoms with Crippen LogP contribution in [0.3, 0.4) is 0 Å². The van der Waals surface area contributed by atoms with Crippen molar-refractivity contribution >= 4 is 17.1 Å². The highest BCUT2D eigenvalue weighted by Crippen LogP contribution is 2.22. The lowest BCUT2D eigenvalue weighted by Gasteiger charge is -2.25. The van der Waals surface area contributed by atoms with Crippen molar-refractivity contribution in [1.82, 2.24) is 9.88 Å². The summed E-state index contributed by atoms with van der Waals surface area (Å²) in [5.74, 6) is 0. The SMILES string of the molecule is CCc1ccc([C@@H](CNc2nc3ccccc3o2)N(C)C)cc1. The van der Waals surface area contributed by atoms with Crippen LogP contribution in [-0.4, -0.2) is 30.5 Å². The molecule has 0 aliphatic heterocycles. The first-order valence-corrected chi connectivity index (χ1v) is 8.02. The second-order valence-electron chi connectivity index (χ2n) is 5.94. The maximum atomic E-state index is 5.73. The Morgan fingerprint density at radius 3 is 2.48 bits per heavy atom. The summed E-state index contributed by atoms with van der Waals surface area (Å²) in [6, 6.07) is 17.4. The predicted octanol–water partition coefficient (Wildman–Crippen LogP) is 4.11. The molecule has 2 aromatic carbocycles. The zero-order valence-electron chi connectivity index (χ0n) is 13.9. The van der Waals surface area contributed by atoms with Crippen molar-refractivity contribution in [3.63, 3.8) is 0 Å². The Balaban J connectivity index is 1.74. The van der Waals surface area contributed by atoms with Gasteiger partial charge in [0.25, 0.3) is 6.01 Å². The Morgan fingerprint density at radius 1 is 1.09 bits per heavy atom. The normalized spacial score (nSPS) is 12.7. The molecule has 1 heterocycles. The standard InChI is InChI=1S/C19H23N3O/c1-4-14-9-11-15(12-10-14)17(22(2)3)13-20-19-21-16-7-5-6-8-18(16)23-19/h5-12,17H,4,13H2,1-3H3,(H,20,21)/t17-/m1/s1. The molecule has 0 aliphatic rings. The third-order valence-corrected chi connectivity index (χ3v) is 4.14. The third-order valence-electron chi connectivity index (χ3n) is 4.14. The molecule has 0 unspecified atom stereocenters. The first-order valence-electron chi connectivity index (χ1n) is 8.02. The van der Waals surface area contributed by atoms with Gasteiger partial charge in [0.2, 0.25) is 0 Å². The largest absolute Gasteiger partial charge is 0.424 e. The van der Waals surface area contributed by atoms with E-state index in [1.807, 2.05) is 24.3 Å². The van der Waals surface area contributed by atoms with Gasteiger partial charge >= 0.3 is 0 Å². The fourth-order valence-electron chi connectivity index (χ4n) is 2.71. The van der Waals surface area contributed by atoms with Gasteiger partial charge in [-0.1, -0.05) is 43.3 Å². The van der Waals surface area contributed by atoms with Crippen molar-refractivity contribution in [2.45, 2.75) is 19.4 Å². The highest BCUT2D eigenvalue weighted by molar-refractivity contribution is 5.74. The van der Waals surface area contributed by atoms with E-state index in [1.165, 1.54) is 11.1 Å². The highest BCUT2D eigenvalue weighted by Gasteiger charge is 2.15. The summed E-state index contributed by atoms with van der Waals surface area (Å²) >= 11 is 0. The molecule has 3 rings (SSSR count). The number of fused-ring (bicyclic) bond motifs is 1. The predicted molar refractivity (Wildman–Crippen MR) is 94.7 cm³/mol. The molecule has 0 fully saturated rings. The monoisotopic (exact) mass is 309 g/mol. The lowest BCUT2D eigenvalue weighted by Crippen LogP contribution is -2.26. The Kier molecular flexibility index (Phi) is 4.63. The molecule has 0 saturated carbocycles. The Morgan fingerprint density at radius 2 is 1.83 bits per heavy atom. The number of anilines is 1. The molecule has 0 saturated heterocycles. The van der Waals surface area contributed by atoms with Gasteiger partial charge in [0.1, 0.15) is 5.52 Å². The Bertz CT molecular complexity index is 729. The van der Waals surface area contributed by atoms with Crippen molar-refractivity contribution in [3.05, 3.63) is 59.7 Å². The van der Waals surface area contributed by atoms with Crippen LogP contribution in [0, 0.1) is 0 Å². The number of likely N-dealkylation sites (N-methyl/N-ethyl adjacent to an activating group) is 1. The van der Waals surface area contributed by atoms with E-state index in [0.717, 1.165) is 24.1 Å². The van der Waals surface area contributed by atoms with Crippen LogP contribution in [0.5, 0.6) is 0 Å². The molecule has 4 heteroatoms. The molecule has 0 aliphatic carbocycles. The summed E-state index contributed by atoms with van der Waals surface area (Å²) in [4.78, 5) is 6.67. The Labute approximate surface area is 137 Å². The van der Waals surface area contributed by atoms with Crippen LogP contribution >= 0.6 is 0 Å². The van der Waals surface area contributed by atoms with Gasteiger partial charge in [-0.25, -0.2) is 0 Å². The van der Waals surface area contributed by atoms with Crippen molar-refractivity contribution in [2.24, 2.45) is 0 Å². The molecule has 23 heavy (non-hydrogen) atoms. The average molecular weight is 309 g/mol. The van der Waals surface area contributed by atoms with Crippen molar-refractivity contribution in [3.8, 4) is 0 Å². The number of hydrogen-bond donors (Lipinski definition) is 1. The molecule has 3 aromatic rings. The molecular weight excluding hydrogens is 286 g/mol. The topological polar surface area (TPSA) is 41.3 Å². The fourth-order valence-corrected chi connectivity index (χ4v) is 2.71. The molecule has 0 radical (unpaired) electrons. The van der Waals surface area contributed by atoms with E-state index in [9.17, 15) is 0 Å². The maximum absolute atomic E-state index is 5.73. The van der Waals surface area contributed by atoms with Gasteiger partial charge in [0.15, 0.2) is 5.58 Å². The molecule has 0 bridgehead atoms. The number of nitrogens with one attached hydrogen (secondary N) is 1. The van der Waals surface area contributed by atoms with Gasteiger partial charge in [0, 0.05) is 6.54 Å². The van der Waals surface area contributed by atoms with Crippen LogP contribution in [0.15, 0.2) is 52.9 Å². The van der Waals surface area contributed by atoms with Crippen LogP contribution in [0.25, 0.3) is 11.1 Å². The summed E-state index contributed by atoms with van der Waals surface area (Å²) in [7, 11) is 4.18. The average Bonchev–Trinajstić information content (AvgIpc) is 2.98. The summed E-state index contributed by atoms with van der Waals surface area (Å²) < 4.78 is 5.73. The van der Waals surface area contributed by atoms with E-state index >= 15 is 0 Å². The molecule has 0 spiro atoms. The van der Waals surface area contributed by atoms with Crippen LogP contribution in [0.1, 0.15) is 24.1 Å². The van der Waals surface area contributed by atoms with Gasteiger partial charge in [-0.3, -0.25) is 0 Å². The van der Waals surface area contributed by atoms with E-state index in [1.54, 1.807) is 0 Å². The van der Waals surface area contributed by atoms with E-state index in [4.69, 9.17) is 4.42 Å². The molecule has 1 N–H and O–H groups in total. The number of nitrogens with zero attached hydrogens (tertiary/aromatic N) is 2. The number of oxazole rings is 1. The molecule has 4 nitrogen and oxygen atoms in total. The van der Waals surface area contributed by atoms with Gasteiger partial charge in [-0.2, -0.15) is 4.98 Å². The summed E-state index contributed by atoms with van der Waals surface area (Å²) in [6.07, 6.45) is 1.06. The first-order chi connectivity index (χ1) is 11.2. The summed E-state index contributed by atoms with van der Waals surface area (Å²) in [6.45, 7) is 2.92. The fraction of sp³-hybridized carbons (Fsp3) is 0.316. The smallest absolute Gasteiger partial charge is 0.295 e. The van der Waals surface area contributed by atoms with Gasteiger partial charge in [0.05, 0.1) is 6.04 Å². The minimum atomic E-state index is 0.260. The minimum Gasteiger partial charge on any atom is -0.424 e. The zero-order valence-corrected chi connectivity index (χ0v) is 13.9. The first kappa shape index (κ1) is 15.6. The number of hydrogen-bond acceptors (Lipinski definition) is 4. The number of rotatable bonds is 6. The zero-order chi connectivity index (χ0) is 16.2. The molecule has 0 amide bonds. The van der Waals surface area contributed by atoms with Crippen LogP contribution in [-0.2, 0) is 6.42 Å². The van der Waals surface area contributed by atoms with Crippen molar-refractivity contribution in [2.75, 3.05) is 26.0 Å². The second kappa shape index (κ2) is 6.84. The molecule has 1 aromatic heterocycles. The molecule has 1 atom stereocenters. The van der Waals surface area contributed by atoms with Gasteiger partial charge in [-0.05, 0) is 43.8 Å². The third kappa shape index (κ3) is 3.54. The van der Waals surface area contributed by atoms with Gasteiger partial charge in [-0.15, -0.1) is 0 Å². The van der Waals surface area contributed by atoms with Crippen molar-refractivity contribution < 1.29 is 4.42 Å². The van der Waals surface area contributed by atoms with Gasteiger partial charge < -0.3 is 14.6 Å². The number of benzene rings is 2. The minimum absolute atomic E-state index is 0.260. The second-order valence-corrected chi connectivity index (χ2v) is 5.94. The highest BCUT2D eigenvalue weighted by atomic mass is 16.4. The number of aromatic nitrogens is 1. The van der Waals surface area contributed by atoms with Crippen LogP contribution in [0.2, 0.25) is 0 Å². The maximum Gasteiger partial charge on any atom is 0.295 e. The van der Waals surface area contributed by atoms with Crippen molar-refractivity contribution in [1.29, 1.82) is 0 Å². The van der Waals surface area contributed by atoms with E-state index in [-0.39, 0.29) is 6.04 Å². The quantitative estimate of drug-likeness (QED) is 0.744. The van der Waals surface area contributed by atoms with E-state index in [0.29, 0.717) is 6.01 Å². The molecular formula is C19H23N3O. The van der Waals surface area contributed by atoms with Crippen LogP contribution in [0.4, 0.5) is 6.01 Å². The van der Waals surface area contributed by atoms with E-state index in [2.05, 4.69) is 60.5 Å².